The van der Waals surface area contributed by atoms with Crippen molar-refractivity contribution in [1.82, 2.24) is 0 Å². The third-order valence-electron chi connectivity index (χ3n) is 4.76. The van der Waals surface area contributed by atoms with E-state index in [9.17, 15) is 0 Å². The van der Waals surface area contributed by atoms with Crippen molar-refractivity contribution in [1.29, 1.82) is 0 Å². The SMILES string of the molecule is S/C(=C(\S)c1ccc(-c2ccccc2)cc1)c1ccc(-c2ccccc2)cc1. The molecule has 4 aromatic carbocycles. The Balaban J connectivity index is 1.60. The molecule has 0 unspecified atom stereocenters. The summed E-state index contributed by atoms with van der Waals surface area (Å²) in [5.41, 5.74) is 6.92. The molecular formula is C26H20S2. The summed E-state index contributed by atoms with van der Waals surface area (Å²) >= 11 is 9.49. The normalized spacial score (nSPS) is 11.8. The molecule has 4 rings (SSSR count). The van der Waals surface area contributed by atoms with Crippen molar-refractivity contribution in [3.05, 3.63) is 120 Å². The maximum Gasteiger partial charge on any atom is 0.0253 e. The summed E-state index contributed by atoms with van der Waals surface area (Å²) in [6.45, 7) is 0. The van der Waals surface area contributed by atoms with Gasteiger partial charge in [0.25, 0.3) is 0 Å². The summed E-state index contributed by atoms with van der Waals surface area (Å²) in [5, 5.41) is 0. The van der Waals surface area contributed by atoms with Crippen molar-refractivity contribution in [2.24, 2.45) is 0 Å². The lowest BCUT2D eigenvalue weighted by Gasteiger charge is -2.09. The molecule has 0 spiro atoms. The molecule has 0 amide bonds. The van der Waals surface area contributed by atoms with Crippen LogP contribution in [0.25, 0.3) is 32.1 Å². The van der Waals surface area contributed by atoms with Crippen LogP contribution in [0.4, 0.5) is 0 Å². The second-order valence-electron chi connectivity index (χ2n) is 6.58. The topological polar surface area (TPSA) is 0 Å². The summed E-state index contributed by atoms with van der Waals surface area (Å²) in [6, 6.07) is 37.6. The van der Waals surface area contributed by atoms with E-state index in [0.717, 1.165) is 20.9 Å². The van der Waals surface area contributed by atoms with Crippen LogP contribution >= 0.6 is 25.3 Å². The van der Waals surface area contributed by atoms with Gasteiger partial charge in [-0.3, -0.25) is 0 Å². The van der Waals surface area contributed by atoms with Crippen molar-refractivity contribution in [3.63, 3.8) is 0 Å². The van der Waals surface area contributed by atoms with E-state index in [1.807, 2.05) is 12.1 Å². The van der Waals surface area contributed by atoms with E-state index < -0.39 is 0 Å². The third kappa shape index (κ3) is 4.09. The van der Waals surface area contributed by atoms with E-state index in [0.29, 0.717) is 0 Å². The maximum atomic E-state index is 4.75. The highest BCUT2D eigenvalue weighted by atomic mass is 32.1. The summed E-state index contributed by atoms with van der Waals surface area (Å²) in [7, 11) is 0. The fourth-order valence-corrected chi connectivity index (χ4v) is 3.73. The molecule has 28 heavy (non-hydrogen) atoms. The Kier molecular flexibility index (Phi) is 5.70. The van der Waals surface area contributed by atoms with Crippen molar-refractivity contribution >= 4 is 35.1 Å². The van der Waals surface area contributed by atoms with Crippen LogP contribution in [0.2, 0.25) is 0 Å². The number of rotatable bonds is 4. The molecule has 0 aromatic heterocycles. The fourth-order valence-electron chi connectivity index (χ4n) is 3.18. The van der Waals surface area contributed by atoms with Crippen molar-refractivity contribution in [2.45, 2.75) is 0 Å². The standard InChI is InChI=1S/C26H20S2/c27-25(23-15-11-21(12-16-23)19-7-3-1-4-8-19)26(28)24-17-13-22(14-18-24)20-9-5-2-6-10-20/h1-18,27-28H/b26-25-. The van der Waals surface area contributed by atoms with Gasteiger partial charge in [-0.15, -0.1) is 25.3 Å². The molecule has 136 valence electrons. The Morgan fingerprint density at radius 1 is 0.357 bits per heavy atom. The average Bonchev–Trinajstić information content (AvgIpc) is 2.79. The molecule has 0 fully saturated rings. The van der Waals surface area contributed by atoms with Gasteiger partial charge in [0.15, 0.2) is 0 Å². The highest BCUT2D eigenvalue weighted by Crippen LogP contribution is 2.34. The van der Waals surface area contributed by atoms with E-state index in [4.69, 9.17) is 25.3 Å². The summed E-state index contributed by atoms with van der Waals surface area (Å²) < 4.78 is 0. The Bertz CT molecular complexity index is 988. The molecule has 0 N–H and O–H groups in total. The second-order valence-corrected chi connectivity index (χ2v) is 7.48. The molecular weight excluding hydrogens is 376 g/mol. The Morgan fingerprint density at radius 2 is 0.643 bits per heavy atom. The smallest absolute Gasteiger partial charge is 0.0253 e. The summed E-state index contributed by atoms with van der Waals surface area (Å²) in [5.74, 6) is 0. The van der Waals surface area contributed by atoms with Gasteiger partial charge in [-0.25, -0.2) is 0 Å². The van der Waals surface area contributed by atoms with Gasteiger partial charge in [0.1, 0.15) is 0 Å². The molecule has 0 saturated heterocycles. The predicted octanol–water partition coefficient (Wildman–Crippen LogP) is 7.71. The van der Waals surface area contributed by atoms with E-state index in [1.165, 1.54) is 22.3 Å². The number of hydrogen-bond donors (Lipinski definition) is 2. The van der Waals surface area contributed by atoms with Crippen LogP contribution in [0.5, 0.6) is 0 Å². The van der Waals surface area contributed by atoms with E-state index in [1.54, 1.807) is 0 Å². The number of benzene rings is 4. The first-order chi connectivity index (χ1) is 13.7. The molecule has 0 aliphatic carbocycles. The van der Waals surface area contributed by atoms with E-state index >= 15 is 0 Å². The number of hydrogen-bond acceptors (Lipinski definition) is 2. The fraction of sp³-hybridized carbons (Fsp3) is 0. The predicted molar refractivity (Wildman–Crippen MR) is 129 cm³/mol. The highest BCUT2D eigenvalue weighted by molar-refractivity contribution is 7.96. The molecule has 0 saturated carbocycles. The van der Waals surface area contributed by atoms with Gasteiger partial charge in [-0.05, 0) is 33.4 Å². The van der Waals surface area contributed by atoms with Crippen LogP contribution < -0.4 is 0 Å². The monoisotopic (exact) mass is 396 g/mol. The van der Waals surface area contributed by atoms with E-state index in [2.05, 4.69) is 97.1 Å². The first-order valence-electron chi connectivity index (χ1n) is 9.16. The Morgan fingerprint density at radius 3 is 0.964 bits per heavy atom. The average molecular weight is 397 g/mol. The molecule has 0 aliphatic rings. The van der Waals surface area contributed by atoms with Gasteiger partial charge in [0.05, 0.1) is 0 Å². The lowest BCUT2D eigenvalue weighted by molar-refractivity contribution is 1.58. The molecule has 0 bridgehead atoms. The van der Waals surface area contributed by atoms with E-state index in [-0.39, 0.29) is 0 Å². The molecule has 2 heteroatoms. The minimum atomic E-state index is 0.871. The molecule has 0 radical (unpaired) electrons. The molecule has 0 atom stereocenters. The summed E-state index contributed by atoms with van der Waals surface area (Å²) in [6.07, 6.45) is 0. The van der Waals surface area contributed by atoms with Gasteiger partial charge in [-0.2, -0.15) is 0 Å². The minimum absolute atomic E-state index is 0.871. The zero-order chi connectivity index (χ0) is 19.3. The second kappa shape index (κ2) is 8.55. The van der Waals surface area contributed by atoms with Crippen LogP contribution in [0, 0.1) is 0 Å². The largest absolute Gasteiger partial charge is 0.142 e. The number of thiol groups is 2. The van der Waals surface area contributed by atoms with Crippen LogP contribution in [0.15, 0.2) is 109 Å². The lowest BCUT2D eigenvalue weighted by atomic mass is 10.0. The zero-order valence-corrected chi connectivity index (χ0v) is 17.1. The minimum Gasteiger partial charge on any atom is -0.142 e. The molecule has 0 nitrogen and oxygen atoms in total. The quantitative estimate of drug-likeness (QED) is 0.256. The highest BCUT2D eigenvalue weighted by Gasteiger charge is 2.07. The van der Waals surface area contributed by atoms with Gasteiger partial charge in [0, 0.05) is 9.81 Å². The summed E-state index contributed by atoms with van der Waals surface area (Å²) in [4.78, 5) is 1.74. The lowest BCUT2D eigenvalue weighted by Crippen LogP contribution is -1.85. The van der Waals surface area contributed by atoms with Crippen molar-refractivity contribution in [3.8, 4) is 22.3 Å². The Hall–Kier alpha value is -2.68. The van der Waals surface area contributed by atoms with Crippen LogP contribution in [-0.4, -0.2) is 0 Å². The van der Waals surface area contributed by atoms with Gasteiger partial charge in [0.2, 0.25) is 0 Å². The maximum absolute atomic E-state index is 4.75. The van der Waals surface area contributed by atoms with Gasteiger partial charge < -0.3 is 0 Å². The molecule has 4 aromatic rings. The van der Waals surface area contributed by atoms with Crippen LogP contribution in [0.3, 0.4) is 0 Å². The Labute approximate surface area is 177 Å². The first-order valence-corrected chi connectivity index (χ1v) is 10.1. The van der Waals surface area contributed by atoms with Crippen LogP contribution in [0.1, 0.15) is 11.1 Å². The van der Waals surface area contributed by atoms with Crippen LogP contribution in [-0.2, 0) is 0 Å². The molecule has 0 aliphatic heterocycles. The zero-order valence-electron chi connectivity index (χ0n) is 15.3. The van der Waals surface area contributed by atoms with Gasteiger partial charge in [-0.1, -0.05) is 109 Å². The van der Waals surface area contributed by atoms with Gasteiger partial charge >= 0.3 is 0 Å². The third-order valence-corrected chi connectivity index (χ3v) is 5.90. The van der Waals surface area contributed by atoms with Crippen molar-refractivity contribution < 1.29 is 0 Å². The first kappa shape index (κ1) is 18.7. The molecule has 0 heterocycles. The van der Waals surface area contributed by atoms with Crippen molar-refractivity contribution in [2.75, 3.05) is 0 Å².